The second-order valence-corrected chi connectivity index (χ2v) is 4.91. The number of aromatic nitrogens is 2. The molecule has 0 aliphatic heterocycles. The quantitative estimate of drug-likeness (QED) is 0.713. The smallest absolute Gasteiger partial charge is 0.271 e. The highest BCUT2D eigenvalue weighted by Crippen LogP contribution is 2.14. The van der Waals surface area contributed by atoms with Crippen molar-refractivity contribution in [3.05, 3.63) is 91.0 Å². The summed E-state index contributed by atoms with van der Waals surface area (Å²) in [5.74, 6) is -0.237. The van der Waals surface area contributed by atoms with E-state index in [0.29, 0.717) is 11.3 Å². The Kier molecular flexibility index (Phi) is 4.20. The second kappa shape index (κ2) is 6.62. The largest absolute Gasteiger partial charge is 0.323 e. The van der Waals surface area contributed by atoms with Gasteiger partial charge in [0.15, 0.2) is 0 Å². The molecule has 0 radical (unpaired) electrons. The molecule has 0 saturated carbocycles. The average Bonchev–Trinajstić information content (AvgIpc) is 3.14. The molecule has 0 aliphatic rings. The van der Waals surface area contributed by atoms with Gasteiger partial charge in [-0.25, -0.2) is 0 Å². The monoisotopic (exact) mass is 304 g/mol. The number of para-hydroxylation sites is 1. The van der Waals surface area contributed by atoms with E-state index in [0.717, 1.165) is 11.3 Å². The first kappa shape index (κ1) is 14.6. The van der Waals surface area contributed by atoms with Crippen LogP contribution in [0.2, 0.25) is 0 Å². The summed E-state index contributed by atoms with van der Waals surface area (Å²) in [6.07, 6.45) is 7.15. The van der Waals surface area contributed by atoms with Gasteiger partial charge in [0.2, 0.25) is 0 Å². The van der Waals surface area contributed by atoms with E-state index in [-0.39, 0.29) is 5.91 Å². The molecular weight excluding hydrogens is 288 g/mol. The van der Waals surface area contributed by atoms with E-state index < -0.39 is 0 Å². The summed E-state index contributed by atoms with van der Waals surface area (Å²) in [7, 11) is 0. The van der Waals surface area contributed by atoms with Crippen molar-refractivity contribution in [2.24, 2.45) is 0 Å². The number of carbonyl (C=O) groups is 1. The molecule has 1 amide bonds. The summed E-state index contributed by atoms with van der Waals surface area (Å²) in [6.45, 7) is 3.89. The van der Waals surface area contributed by atoms with Gasteiger partial charge in [-0.1, -0.05) is 18.7 Å². The van der Waals surface area contributed by atoms with Crippen LogP contribution in [0.3, 0.4) is 0 Å². The molecule has 3 aromatic rings. The van der Waals surface area contributed by atoms with Crippen LogP contribution in [0.1, 0.15) is 15.9 Å². The van der Waals surface area contributed by atoms with Crippen LogP contribution in [0.5, 0.6) is 0 Å². The third-order valence-electron chi connectivity index (χ3n) is 3.37. The summed E-state index contributed by atoms with van der Waals surface area (Å²) >= 11 is 0. The van der Waals surface area contributed by atoms with Gasteiger partial charge in [-0.05, 0) is 36.4 Å². The Labute approximate surface area is 134 Å². The maximum Gasteiger partial charge on any atom is 0.271 e. The van der Waals surface area contributed by atoms with Crippen molar-refractivity contribution in [3.8, 4) is 5.69 Å². The Morgan fingerprint density at radius 2 is 1.78 bits per heavy atom. The van der Waals surface area contributed by atoms with E-state index in [1.54, 1.807) is 18.5 Å². The molecule has 0 spiro atoms. The fraction of sp³-hybridized carbons (Fsp3) is 0. The molecule has 2 aromatic heterocycles. The van der Waals surface area contributed by atoms with Crippen LogP contribution in [0.25, 0.3) is 11.4 Å². The van der Waals surface area contributed by atoms with Gasteiger partial charge in [-0.2, -0.15) is 0 Å². The van der Waals surface area contributed by atoms with E-state index in [1.165, 1.54) is 0 Å². The molecule has 1 aromatic carbocycles. The Morgan fingerprint density at radius 1 is 1.00 bits per heavy atom. The molecule has 2 heterocycles. The third-order valence-corrected chi connectivity index (χ3v) is 3.37. The molecule has 2 N–H and O–H groups in total. The van der Waals surface area contributed by atoms with Gasteiger partial charge >= 0.3 is 0 Å². The Balaban J connectivity index is 1.73. The number of rotatable bonds is 5. The molecular formula is C18H16N4O. The first-order valence-corrected chi connectivity index (χ1v) is 7.14. The molecule has 23 heavy (non-hydrogen) atoms. The minimum Gasteiger partial charge on any atom is -0.323 e. The lowest BCUT2D eigenvalue weighted by molar-refractivity contribution is 0.0942. The van der Waals surface area contributed by atoms with Crippen molar-refractivity contribution in [1.29, 1.82) is 0 Å². The number of nitrogens with zero attached hydrogens (tertiary/aromatic N) is 2. The van der Waals surface area contributed by atoms with Crippen LogP contribution in [0.4, 0.5) is 0 Å². The SMILES string of the molecule is C=C(NNC(=O)c1ccccc1-n1cccc1)c1cccnc1. The predicted octanol–water partition coefficient (Wildman–Crippen LogP) is 2.78. The minimum absolute atomic E-state index is 0.237. The first-order valence-electron chi connectivity index (χ1n) is 7.14. The van der Waals surface area contributed by atoms with Crippen molar-refractivity contribution in [2.75, 3.05) is 0 Å². The number of carbonyl (C=O) groups excluding carboxylic acids is 1. The van der Waals surface area contributed by atoms with E-state index in [4.69, 9.17) is 0 Å². The van der Waals surface area contributed by atoms with Gasteiger partial charge in [0.25, 0.3) is 5.91 Å². The lowest BCUT2D eigenvalue weighted by Gasteiger charge is -2.13. The van der Waals surface area contributed by atoms with Crippen LogP contribution in [-0.2, 0) is 0 Å². The number of hydrazine groups is 1. The number of amides is 1. The predicted molar refractivity (Wildman–Crippen MR) is 89.6 cm³/mol. The number of benzene rings is 1. The molecule has 0 fully saturated rings. The molecule has 0 atom stereocenters. The van der Waals surface area contributed by atoms with Crippen molar-refractivity contribution >= 4 is 11.6 Å². The highest BCUT2D eigenvalue weighted by Gasteiger charge is 2.11. The summed E-state index contributed by atoms with van der Waals surface area (Å²) < 4.78 is 1.89. The maximum absolute atomic E-state index is 12.5. The van der Waals surface area contributed by atoms with Crippen LogP contribution in [0, 0.1) is 0 Å². The highest BCUT2D eigenvalue weighted by atomic mass is 16.2. The van der Waals surface area contributed by atoms with Crippen molar-refractivity contribution in [1.82, 2.24) is 20.4 Å². The van der Waals surface area contributed by atoms with Gasteiger partial charge in [-0.15, -0.1) is 0 Å². The van der Waals surface area contributed by atoms with E-state index in [2.05, 4.69) is 22.4 Å². The van der Waals surface area contributed by atoms with Crippen LogP contribution in [0.15, 0.2) is 79.9 Å². The zero-order valence-corrected chi connectivity index (χ0v) is 12.4. The number of hydrogen-bond acceptors (Lipinski definition) is 3. The molecule has 3 rings (SSSR count). The number of nitrogens with one attached hydrogen (secondary N) is 2. The van der Waals surface area contributed by atoms with Gasteiger partial charge in [0.1, 0.15) is 0 Å². The van der Waals surface area contributed by atoms with Crippen molar-refractivity contribution in [2.45, 2.75) is 0 Å². The molecule has 0 aliphatic carbocycles. The van der Waals surface area contributed by atoms with Gasteiger partial charge in [-0.3, -0.25) is 20.6 Å². The van der Waals surface area contributed by atoms with Crippen LogP contribution >= 0.6 is 0 Å². The number of hydrogen-bond donors (Lipinski definition) is 2. The van der Waals surface area contributed by atoms with E-state index in [1.807, 2.05) is 59.4 Å². The zero-order valence-electron chi connectivity index (χ0n) is 12.4. The molecule has 5 heteroatoms. The van der Waals surface area contributed by atoms with Gasteiger partial charge in [0.05, 0.1) is 16.9 Å². The lowest BCUT2D eigenvalue weighted by atomic mass is 10.1. The summed E-state index contributed by atoms with van der Waals surface area (Å²) in [5, 5.41) is 0. The highest BCUT2D eigenvalue weighted by molar-refractivity contribution is 5.97. The Bertz CT molecular complexity index is 810. The normalized spacial score (nSPS) is 10.1. The van der Waals surface area contributed by atoms with Crippen molar-refractivity contribution in [3.63, 3.8) is 0 Å². The molecule has 5 nitrogen and oxygen atoms in total. The zero-order chi connectivity index (χ0) is 16.1. The summed E-state index contributed by atoms with van der Waals surface area (Å²) in [4.78, 5) is 16.5. The van der Waals surface area contributed by atoms with E-state index in [9.17, 15) is 4.79 Å². The van der Waals surface area contributed by atoms with Crippen LogP contribution < -0.4 is 10.9 Å². The lowest BCUT2D eigenvalue weighted by Crippen LogP contribution is -2.36. The maximum atomic E-state index is 12.5. The number of pyridine rings is 1. The fourth-order valence-electron chi connectivity index (χ4n) is 2.20. The summed E-state index contributed by atoms with van der Waals surface area (Å²) in [6, 6.07) is 14.9. The molecule has 0 bridgehead atoms. The molecule has 0 saturated heterocycles. The van der Waals surface area contributed by atoms with E-state index >= 15 is 0 Å². The van der Waals surface area contributed by atoms with Crippen molar-refractivity contribution < 1.29 is 4.79 Å². The fourth-order valence-corrected chi connectivity index (χ4v) is 2.20. The standard InChI is InChI=1S/C18H16N4O/c1-14(15-7-6-10-19-13-15)20-21-18(23)16-8-2-3-9-17(16)22-11-4-5-12-22/h2-13,20H,1H2,(H,21,23). The first-order chi connectivity index (χ1) is 11.3. The minimum atomic E-state index is -0.237. The molecule has 0 unspecified atom stereocenters. The van der Waals surface area contributed by atoms with Gasteiger partial charge in [0, 0.05) is 30.4 Å². The molecule has 114 valence electrons. The second-order valence-electron chi connectivity index (χ2n) is 4.91. The van der Waals surface area contributed by atoms with Gasteiger partial charge < -0.3 is 4.57 Å². The third kappa shape index (κ3) is 3.29. The summed E-state index contributed by atoms with van der Waals surface area (Å²) in [5.41, 5.74) is 8.26. The topological polar surface area (TPSA) is 58.9 Å². The Morgan fingerprint density at radius 3 is 2.52 bits per heavy atom. The van der Waals surface area contributed by atoms with Crippen LogP contribution in [-0.4, -0.2) is 15.5 Å². The Hall–Kier alpha value is -3.34. The average molecular weight is 304 g/mol.